The van der Waals surface area contributed by atoms with Gasteiger partial charge >= 0.3 is 0 Å². The molecular formula is C16H27IN6S. The number of hydrogen-bond donors (Lipinski definition) is 2. The Hall–Kier alpha value is -1.16. The SMILES string of the molecule is CN=C(NCc1nc(C(C)C)cs1)NCC(C)Cn1cccn1.I. The van der Waals surface area contributed by atoms with E-state index in [0.29, 0.717) is 18.4 Å². The summed E-state index contributed by atoms with van der Waals surface area (Å²) in [4.78, 5) is 8.89. The normalized spacial score (nSPS) is 12.8. The lowest BCUT2D eigenvalue weighted by Crippen LogP contribution is -2.39. The highest BCUT2D eigenvalue weighted by Gasteiger charge is 2.08. The van der Waals surface area contributed by atoms with Gasteiger partial charge in [0.1, 0.15) is 5.01 Å². The standard InChI is InChI=1S/C16H26N6S.HI/c1-12(2)14-11-23-15(21-14)9-19-16(17-4)18-8-13(3)10-22-7-5-6-20-22;/h5-7,11-13H,8-10H2,1-4H3,(H2,17,18,19);1H. The van der Waals surface area contributed by atoms with Gasteiger partial charge in [0, 0.05) is 37.9 Å². The number of aromatic nitrogens is 3. The number of nitrogens with zero attached hydrogens (tertiary/aromatic N) is 4. The largest absolute Gasteiger partial charge is 0.356 e. The Morgan fingerprint density at radius 2 is 2.12 bits per heavy atom. The number of hydrogen-bond acceptors (Lipinski definition) is 4. The van der Waals surface area contributed by atoms with E-state index in [0.717, 1.165) is 29.8 Å². The third kappa shape index (κ3) is 6.76. The fourth-order valence-corrected chi connectivity index (χ4v) is 3.01. The smallest absolute Gasteiger partial charge is 0.191 e. The van der Waals surface area contributed by atoms with E-state index in [1.807, 2.05) is 16.9 Å². The van der Waals surface area contributed by atoms with Gasteiger partial charge < -0.3 is 10.6 Å². The van der Waals surface area contributed by atoms with Crippen LogP contribution in [0.2, 0.25) is 0 Å². The van der Waals surface area contributed by atoms with E-state index in [9.17, 15) is 0 Å². The first kappa shape index (κ1) is 20.9. The third-order valence-corrected chi connectivity index (χ3v) is 4.33. The van der Waals surface area contributed by atoms with Crippen LogP contribution >= 0.6 is 35.3 Å². The molecular weight excluding hydrogens is 435 g/mol. The molecule has 0 aromatic carbocycles. The Morgan fingerprint density at radius 3 is 2.71 bits per heavy atom. The molecule has 0 bridgehead atoms. The van der Waals surface area contributed by atoms with Gasteiger partial charge in [-0.1, -0.05) is 20.8 Å². The van der Waals surface area contributed by atoms with Crippen molar-refractivity contribution in [2.24, 2.45) is 10.9 Å². The zero-order valence-corrected chi connectivity index (χ0v) is 17.8. The Morgan fingerprint density at radius 1 is 1.33 bits per heavy atom. The van der Waals surface area contributed by atoms with E-state index in [2.05, 4.69) is 51.9 Å². The molecule has 0 aliphatic heterocycles. The van der Waals surface area contributed by atoms with Crippen molar-refractivity contribution < 1.29 is 0 Å². The van der Waals surface area contributed by atoms with Crippen LogP contribution in [0.1, 0.15) is 37.4 Å². The van der Waals surface area contributed by atoms with E-state index in [4.69, 9.17) is 0 Å². The van der Waals surface area contributed by atoms with Gasteiger partial charge in [-0.15, -0.1) is 35.3 Å². The summed E-state index contributed by atoms with van der Waals surface area (Å²) in [6.07, 6.45) is 3.79. The van der Waals surface area contributed by atoms with Crippen molar-refractivity contribution >= 4 is 41.3 Å². The summed E-state index contributed by atoms with van der Waals surface area (Å²) in [5.41, 5.74) is 1.16. The first-order valence-corrected chi connectivity index (χ1v) is 8.82. The minimum Gasteiger partial charge on any atom is -0.356 e. The van der Waals surface area contributed by atoms with Crippen LogP contribution in [0.3, 0.4) is 0 Å². The first-order valence-electron chi connectivity index (χ1n) is 7.94. The van der Waals surface area contributed by atoms with Gasteiger partial charge in [0.05, 0.1) is 12.2 Å². The monoisotopic (exact) mass is 462 g/mol. The molecule has 2 N–H and O–H groups in total. The highest BCUT2D eigenvalue weighted by Crippen LogP contribution is 2.17. The first-order chi connectivity index (χ1) is 11.1. The predicted octanol–water partition coefficient (Wildman–Crippen LogP) is 3.08. The molecule has 0 aliphatic carbocycles. The number of thiazole rings is 1. The van der Waals surface area contributed by atoms with Crippen LogP contribution in [0.4, 0.5) is 0 Å². The van der Waals surface area contributed by atoms with Gasteiger partial charge in [-0.2, -0.15) is 5.10 Å². The molecule has 0 saturated carbocycles. The molecule has 0 aliphatic rings. The fourth-order valence-electron chi connectivity index (χ4n) is 2.11. The molecule has 2 rings (SSSR count). The molecule has 0 amide bonds. The molecule has 24 heavy (non-hydrogen) atoms. The van der Waals surface area contributed by atoms with Crippen LogP contribution in [-0.4, -0.2) is 34.3 Å². The third-order valence-electron chi connectivity index (χ3n) is 3.47. The second-order valence-electron chi connectivity index (χ2n) is 5.96. The molecule has 2 aromatic heterocycles. The zero-order chi connectivity index (χ0) is 16.7. The topological polar surface area (TPSA) is 67.1 Å². The molecule has 1 atom stereocenters. The summed E-state index contributed by atoms with van der Waals surface area (Å²) in [7, 11) is 1.79. The lowest BCUT2D eigenvalue weighted by Gasteiger charge is -2.15. The molecule has 2 aromatic rings. The Bertz CT molecular complexity index is 608. The van der Waals surface area contributed by atoms with Crippen LogP contribution in [-0.2, 0) is 13.1 Å². The molecule has 134 valence electrons. The van der Waals surface area contributed by atoms with Crippen molar-refractivity contribution in [2.45, 2.75) is 39.8 Å². The summed E-state index contributed by atoms with van der Waals surface area (Å²) in [5.74, 6) is 1.74. The maximum atomic E-state index is 4.62. The Labute approximate surface area is 165 Å². The fraction of sp³-hybridized carbons (Fsp3) is 0.562. The Kier molecular flexibility index (Phi) is 9.27. The van der Waals surface area contributed by atoms with Crippen molar-refractivity contribution in [3.63, 3.8) is 0 Å². The molecule has 0 fully saturated rings. The summed E-state index contributed by atoms with van der Waals surface area (Å²) >= 11 is 1.69. The lowest BCUT2D eigenvalue weighted by atomic mass is 10.2. The van der Waals surface area contributed by atoms with Gasteiger partial charge in [0.15, 0.2) is 5.96 Å². The van der Waals surface area contributed by atoms with Crippen molar-refractivity contribution in [1.29, 1.82) is 0 Å². The molecule has 1 unspecified atom stereocenters. The second-order valence-corrected chi connectivity index (χ2v) is 6.90. The molecule has 2 heterocycles. The highest BCUT2D eigenvalue weighted by atomic mass is 127. The molecule has 0 radical (unpaired) electrons. The van der Waals surface area contributed by atoms with E-state index >= 15 is 0 Å². The van der Waals surface area contributed by atoms with Gasteiger partial charge in [-0.05, 0) is 17.9 Å². The average molecular weight is 462 g/mol. The molecule has 0 saturated heterocycles. The van der Waals surface area contributed by atoms with Crippen molar-refractivity contribution in [3.05, 3.63) is 34.5 Å². The number of nitrogens with one attached hydrogen (secondary N) is 2. The Balaban J connectivity index is 0.00000288. The van der Waals surface area contributed by atoms with Gasteiger partial charge in [0.25, 0.3) is 0 Å². The van der Waals surface area contributed by atoms with Crippen LogP contribution < -0.4 is 10.6 Å². The van der Waals surface area contributed by atoms with Gasteiger partial charge in [-0.25, -0.2) is 4.98 Å². The maximum Gasteiger partial charge on any atom is 0.191 e. The van der Waals surface area contributed by atoms with E-state index < -0.39 is 0 Å². The zero-order valence-electron chi connectivity index (χ0n) is 14.7. The summed E-state index contributed by atoms with van der Waals surface area (Å²) in [6.45, 7) is 8.94. The van der Waals surface area contributed by atoms with Crippen LogP contribution in [0.15, 0.2) is 28.8 Å². The van der Waals surface area contributed by atoms with Crippen LogP contribution in [0, 0.1) is 5.92 Å². The van der Waals surface area contributed by atoms with Gasteiger partial charge in [0.2, 0.25) is 0 Å². The minimum absolute atomic E-state index is 0. The quantitative estimate of drug-likeness (QED) is 0.377. The molecule has 6 nitrogen and oxygen atoms in total. The number of aliphatic imine (C=N–C) groups is 1. The van der Waals surface area contributed by atoms with Crippen LogP contribution in [0.25, 0.3) is 0 Å². The molecule has 0 spiro atoms. The number of rotatable bonds is 7. The van der Waals surface area contributed by atoms with E-state index in [1.54, 1.807) is 24.6 Å². The number of guanidine groups is 1. The lowest BCUT2D eigenvalue weighted by molar-refractivity contribution is 0.443. The van der Waals surface area contributed by atoms with Crippen molar-refractivity contribution in [2.75, 3.05) is 13.6 Å². The number of halogens is 1. The van der Waals surface area contributed by atoms with Crippen LogP contribution in [0.5, 0.6) is 0 Å². The predicted molar refractivity (Wildman–Crippen MR) is 111 cm³/mol. The minimum atomic E-state index is 0. The molecule has 8 heteroatoms. The summed E-state index contributed by atoms with van der Waals surface area (Å²) in [5, 5.41) is 14.1. The summed E-state index contributed by atoms with van der Waals surface area (Å²) < 4.78 is 1.95. The van der Waals surface area contributed by atoms with E-state index in [-0.39, 0.29) is 24.0 Å². The van der Waals surface area contributed by atoms with E-state index in [1.165, 1.54) is 0 Å². The van der Waals surface area contributed by atoms with Crippen molar-refractivity contribution in [1.82, 2.24) is 25.4 Å². The maximum absolute atomic E-state index is 4.62. The van der Waals surface area contributed by atoms with Gasteiger partial charge in [-0.3, -0.25) is 9.67 Å². The van der Waals surface area contributed by atoms with Crippen molar-refractivity contribution in [3.8, 4) is 0 Å². The second kappa shape index (κ2) is 10.7. The summed E-state index contributed by atoms with van der Waals surface area (Å²) in [6, 6.07) is 1.94. The highest BCUT2D eigenvalue weighted by molar-refractivity contribution is 14.0. The average Bonchev–Trinajstić information content (AvgIpc) is 3.18.